The van der Waals surface area contributed by atoms with Gasteiger partial charge in [0.1, 0.15) is 0 Å². The van der Waals surface area contributed by atoms with Crippen molar-refractivity contribution in [3.05, 3.63) is 16.7 Å². The van der Waals surface area contributed by atoms with Crippen molar-refractivity contribution in [1.29, 1.82) is 0 Å². The molecule has 1 aliphatic carbocycles. The minimum atomic E-state index is -0.367. The average Bonchev–Trinajstić information content (AvgIpc) is 2.68. The van der Waals surface area contributed by atoms with Gasteiger partial charge in [-0.15, -0.1) is 0 Å². The molecular formula is C11H13NO3. The Bertz CT molecular complexity index is 442. The smallest absolute Gasteiger partial charge is 0.200 e. The van der Waals surface area contributed by atoms with Crippen LogP contribution in [-0.2, 0) is 13.0 Å². The van der Waals surface area contributed by atoms with Gasteiger partial charge in [0.05, 0.1) is 0 Å². The van der Waals surface area contributed by atoms with Gasteiger partial charge in [0.25, 0.3) is 0 Å². The molecule has 80 valence electrons. The topological polar surface area (TPSA) is 72.7 Å². The lowest BCUT2D eigenvalue weighted by molar-refractivity contribution is 0.360. The summed E-state index contributed by atoms with van der Waals surface area (Å²) in [6.07, 6.45) is 2.81. The summed E-state index contributed by atoms with van der Waals surface area (Å²) in [6, 6.07) is 0.237. The summed E-state index contributed by atoms with van der Waals surface area (Å²) in [5.74, 6) is -0.670. The van der Waals surface area contributed by atoms with Gasteiger partial charge in [0.15, 0.2) is 11.5 Å². The Morgan fingerprint density at radius 3 is 2.53 bits per heavy atom. The molecule has 2 aliphatic rings. The summed E-state index contributed by atoms with van der Waals surface area (Å²) >= 11 is 0. The zero-order valence-corrected chi connectivity index (χ0v) is 8.25. The van der Waals surface area contributed by atoms with E-state index in [-0.39, 0.29) is 23.3 Å². The third-order valence-corrected chi connectivity index (χ3v) is 3.46. The molecule has 0 aromatic heterocycles. The lowest BCUT2D eigenvalue weighted by atomic mass is 9.86. The Hall–Kier alpha value is -1.42. The quantitative estimate of drug-likeness (QED) is 0.484. The third-order valence-electron chi connectivity index (χ3n) is 3.46. The fourth-order valence-electron chi connectivity index (χ4n) is 2.74. The molecule has 0 spiro atoms. The first-order valence-corrected chi connectivity index (χ1v) is 5.22. The maximum absolute atomic E-state index is 9.76. The second-order valence-electron chi connectivity index (χ2n) is 4.24. The summed E-state index contributed by atoms with van der Waals surface area (Å²) in [5.41, 5.74) is 2.57. The molecule has 1 heterocycles. The molecule has 0 radical (unpaired) electrons. The van der Waals surface area contributed by atoms with Crippen LogP contribution in [-0.4, -0.2) is 15.3 Å². The molecule has 0 saturated heterocycles. The molecule has 0 amide bonds. The minimum absolute atomic E-state index is 0.139. The molecule has 1 aliphatic heterocycles. The molecule has 4 N–H and O–H groups in total. The van der Waals surface area contributed by atoms with Gasteiger partial charge in [-0.1, -0.05) is 0 Å². The van der Waals surface area contributed by atoms with Crippen molar-refractivity contribution in [3.8, 4) is 17.2 Å². The average molecular weight is 207 g/mol. The molecule has 4 nitrogen and oxygen atoms in total. The van der Waals surface area contributed by atoms with E-state index < -0.39 is 0 Å². The molecule has 0 saturated carbocycles. The van der Waals surface area contributed by atoms with E-state index >= 15 is 0 Å². The van der Waals surface area contributed by atoms with Crippen LogP contribution in [0.15, 0.2) is 0 Å². The number of hydrogen-bond donors (Lipinski definition) is 4. The highest BCUT2D eigenvalue weighted by Crippen LogP contribution is 2.50. The Morgan fingerprint density at radius 2 is 1.73 bits per heavy atom. The van der Waals surface area contributed by atoms with Crippen molar-refractivity contribution < 1.29 is 15.3 Å². The lowest BCUT2D eigenvalue weighted by Crippen LogP contribution is -2.16. The van der Waals surface area contributed by atoms with Crippen molar-refractivity contribution in [2.75, 3.05) is 0 Å². The van der Waals surface area contributed by atoms with Crippen LogP contribution in [0.4, 0.5) is 0 Å². The van der Waals surface area contributed by atoms with Crippen molar-refractivity contribution in [1.82, 2.24) is 5.32 Å². The van der Waals surface area contributed by atoms with E-state index in [0.717, 1.165) is 36.0 Å². The molecule has 3 rings (SSSR count). The molecule has 1 aromatic rings. The van der Waals surface area contributed by atoms with Crippen molar-refractivity contribution in [2.45, 2.75) is 31.8 Å². The molecule has 15 heavy (non-hydrogen) atoms. The van der Waals surface area contributed by atoms with Gasteiger partial charge in [-0.25, -0.2) is 0 Å². The Labute approximate surface area is 87.2 Å². The van der Waals surface area contributed by atoms with E-state index in [1.54, 1.807) is 0 Å². The summed E-state index contributed by atoms with van der Waals surface area (Å²) in [6.45, 7) is 0.576. The normalized spacial score (nSPS) is 22.8. The summed E-state index contributed by atoms with van der Waals surface area (Å²) in [5, 5.41) is 32.3. The highest BCUT2D eigenvalue weighted by atomic mass is 16.3. The van der Waals surface area contributed by atoms with Crippen LogP contribution in [0.5, 0.6) is 17.2 Å². The van der Waals surface area contributed by atoms with Crippen LogP contribution >= 0.6 is 0 Å². The van der Waals surface area contributed by atoms with Gasteiger partial charge in [0.2, 0.25) is 5.75 Å². The lowest BCUT2D eigenvalue weighted by Gasteiger charge is -2.23. The first-order chi connectivity index (χ1) is 7.20. The zero-order chi connectivity index (χ0) is 10.6. The minimum Gasteiger partial charge on any atom is -0.504 e. The highest BCUT2D eigenvalue weighted by Gasteiger charge is 2.34. The Balaban J connectivity index is 2.34. The second kappa shape index (κ2) is 2.79. The predicted molar refractivity (Wildman–Crippen MR) is 54.0 cm³/mol. The first kappa shape index (κ1) is 8.85. The molecule has 1 atom stereocenters. The van der Waals surface area contributed by atoms with E-state index in [1.165, 1.54) is 0 Å². The van der Waals surface area contributed by atoms with Crippen molar-refractivity contribution in [3.63, 3.8) is 0 Å². The molecule has 1 aromatic carbocycles. The van der Waals surface area contributed by atoms with E-state index in [2.05, 4.69) is 5.32 Å². The van der Waals surface area contributed by atoms with Crippen LogP contribution in [0.1, 0.15) is 35.6 Å². The number of hydrogen-bond acceptors (Lipinski definition) is 4. The third kappa shape index (κ3) is 0.997. The first-order valence-electron chi connectivity index (χ1n) is 5.22. The monoisotopic (exact) mass is 207 g/mol. The van der Waals surface area contributed by atoms with Gasteiger partial charge < -0.3 is 20.6 Å². The number of benzene rings is 1. The van der Waals surface area contributed by atoms with Crippen LogP contribution in [0.2, 0.25) is 0 Å². The fourth-order valence-corrected chi connectivity index (χ4v) is 2.74. The van der Waals surface area contributed by atoms with E-state index in [1.807, 2.05) is 0 Å². The maximum atomic E-state index is 9.76. The molecule has 0 bridgehead atoms. The molecule has 1 unspecified atom stereocenters. The molecular weight excluding hydrogens is 194 g/mol. The molecule has 0 fully saturated rings. The molecule has 4 heteroatoms. The van der Waals surface area contributed by atoms with Gasteiger partial charge in [-0.3, -0.25) is 0 Å². The number of nitrogens with one attached hydrogen (secondary N) is 1. The van der Waals surface area contributed by atoms with Gasteiger partial charge in [-0.2, -0.15) is 0 Å². The summed E-state index contributed by atoms with van der Waals surface area (Å²) < 4.78 is 0. The van der Waals surface area contributed by atoms with Gasteiger partial charge in [0, 0.05) is 23.7 Å². The summed E-state index contributed by atoms with van der Waals surface area (Å²) in [4.78, 5) is 0. The van der Waals surface area contributed by atoms with E-state index in [9.17, 15) is 15.3 Å². The van der Waals surface area contributed by atoms with Crippen molar-refractivity contribution >= 4 is 0 Å². The van der Waals surface area contributed by atoms with Gasteiger partial charge >= 0.3 is 0 Å². The van der Waals surface area contributed by atoms with E-state index in [0.29, 0.717) is 6.54 Å². The van der Waals surface area contributed by atoms with E-state index in [4.69, 9.17) is 0 Å². The summed E-state index contributed by atoms with van der Waals surface area (Å²) in [7, 11) is 0. The van der Waals surface area contributed by atoms with Crippen LogP contribution in [0, 0.1) is 0 Å². The fraction of sp³-hybridized carbons (Fsp3) is 0.455. The number of phenolic OH excluding ortho intramolecular Hbond substituents is 3. The number of phenols is 3. The Kier molecular flexibility index (Phi) is 1.65. The van der Waals surface area contributed by atoms with Crippen molar-refractivity contribution in [2.24, 2.45) is 0 Å². The Morgan fingerprint density at radius 1 is 1.00 bits per heavy atom. The van der Waals surface area contributed by atoms with Crippen LogP contribution in [0.25, 0.3) is 0 Å². The van der Waals surface area contributed by atoms with Crippen LogP contribution in [0.3, 0.4) is 0 Å². The number of rotatable bonds is 0. The standard InChI is InChI=1S/C11H13NO3/c13-9-5-2-1-3-7-8(5)6(4-12-7)10(14)11(9)15/h7,12-15H,1-4H2. The predicted octanol–water partition coefficient (Wildman–Crippen LogP) is 1.28. The number of aromatic hydroxyl groups is 3. The zero-order valence-electron chi connectivity index (χ0n) is 8.25. The van der Waals surface area contributed by atoms with Gasteiger partial charge in [-0.05, 0) is 24.8 Å². The highest BCUT2D eigenvalue weighted by molar-refractivity contribution is 5.64. The maximum Gasteiger partial charge on any atom is 0.200 e. The second-order valence-corrected chi connectivity index (χ2v) is 4.24. The SMILES string of the molecule is Oc1c(O)c2c3c(c1O)CNC3CCC2. The van der Waals surface area contributed by atoms with Crippen LogP contribution < -0.4 is 5.32 Å². The largest absolute Gasteiger partial charge is 0.504 e.